The molecule has 0 heterocycles. The van der Waals surface area contributed by atoms with Gasteiger partial charge in [0.05, 0.1) is 10.6 Å². The SMILES string of the molecule is CCCNC(=O)[C@@H](CC)N(Cc1cccc(C)c1)C(=O)CN(c1ccc(Oc2ccccc2)cc1)S(=O)(=O)c1ccc(C)cc1. The van der Waals surface area contributed by atoms with E-state index in [2.05, 4.69) is 5.32 Å². The number of carbonyl (C=O) groups is 2. The number of sulfonamides is 1. The summed E-state index contributed by atoms with van der Waals surface area (Å²) >= 11 is 0. The minimum Gasteiger partial charge on any atom is -0.457 e. The van der Waals surface area contributed by atoms with Gasteiger partial charge in [0.25, 0.3) is 10.0 Å². The molecule has 0 aliphatic heterocycles. The molecule has 4 aromatic carbocycles. The van der Waals surface area contributed by atoms with E-state index in [0.717, 1.165) is 27.4 Å². The van der Waals surface area contributed by atoms with Crippen LogP contribution in [0.3, 0.4) is 0 Å². The molecule has 1 atom stereocenters. The van der Waals surface area contributed by atoms with E-state index in [1.54, 1.807) is 36.4 Å². The average molecular weight is 628 g/mol. The van der Waals surface area contributed by atoms with E-state index in [0.29, 0.717) is 30.2 Å². The first-order valence-corrected chi connectivity index (χ1v) is 16.6. The summed E-state index contributed by atoms with van der Waals surface area (Å²) in [6, 6.07) is 29.3. The van der Waals surface area contributed by atoms with Crippen molar-refractivity contribution in [3.8, 4) is 11.5 Å². The first kappa shape index (κ1) is 33.3. The summed E-state index contributed by atoms with van der Waals surface area (Å²) < 4.78 is 35.3. The smallest absolute Gasteiger partial charge is 0.264 e. The van der Waals surface area contributed by atoms with Gasteiger partial charge in [-0.05, 0) is 80.8 Å². The summed E-state index contributed by atoms with van der Waals surface area (Å²) in [5.74, 6) is 0.401. The number of nitrogens with one attached hydrogen (secondary N) is 1. The Morgan fingerprint density at radius 1 is 0.800 bits per heavy atom. The van der Waals surface area contributed by atoms with Crippen LogP contribution in [0, 0.1) is 13.8 Å². The Morgan fingerprint density at radius 2 is 1.47 bits per heavy atom. The van der Waals surface area contributed by atoms with Crippen LogP contribution in [0.2, 0.25) is 0 Å². The van der Waals surface area contributed by atoms with Crippen LogP contribution in [0.5, 0.6) is 11.5 Å². The summed E-state index contributed by atoms with van der Waals surface area (Å²) in [6.07, 6.45) is 1.11. The van der Waals surface area contributed by atoms with Crippen molar-refractivity contribution in [1.29, 1.82) is 0 Å². The van der Waals surface area contributed by atoms with Crippen molar-refractivity contribution < 1.29 is 22.7 Å². The lowest BCUT2D eigenvalue weighted by molar-refractivity contribution is -0.140. The highest BCUT2D eigenvalue weighted by Crippen LogP contribution is 2.29. The first-order chi connectivity index (χ1) is 21.6. The number of nitrogens with zero attached hydrogens (tertiary/aromatic N) is 2. The molecule has 236 valence electrons. The molecule has 0 aromatic heterocycles. The number of aryl methyl sites for hydroxylation is 2. The van der Waals surface area contributed by atoms with Crippen LogP contribution >= 0.6 is 0 Å². The van der Waals surface area contributed by atoms with E-state index < -0.39 is 28.5 Å². The molecule has 0 unspecified atom stereocenters. The molecule has 4 aromatic rings. The van der Waals surface area contributed by atoms with Crippen LogP contribution in [-0.4, -0.2) is 44.3 Å². The minimum atomic E-state index is -4.17. The second-order valence-corrected chi connectivity index (χ2v) is 12.8. The van der Waals surface area contributed by atoms with Gasteiger partial charge in [-0.15, -0.1) is 0 Å². The monoisotopic (exact) mass is 627 g/mol. The van der Waals surface area contributed by atoms with E-state index in [4.69, 9.17) is 4.74 Å². The molecule has 0 spiro atoms. The zero-order valence-corrected chi connectivity index (χ0v) is 27.1. The van der Waals surface area contributed by atoms with Gasteiger partial charge in [0.1, 0.15) is 24.1 Å². The predicted octanol–water partition coefficient (Wildman–Crippen LogP) is 6.62. The zero-order chi connectivity index (χ0) is 32.4. The zero-order valence-electron chi connectivity index (χ0n) is 26.3. The molecule has 0 fully saturated rings. The maximum Gasteiger partial charge on any atom is 0.264 e. The minimum absolute atomic E-state index is 0.0588. The van der Waals surface area contributed by atoms with Crippen LogP contribution in [-0.2, 0) is 26.2 Å². The normalized spacial score (nSPS) is 11.8. The fourth-order valence-corrected chi connectivity index (χ4v) is 6.38. The van der Waals surface area contributed by atoms with Crippen molar-refractivity contribution in [3.63, 3.8) is 0 Å². The molecule has 0 radical (unpaired) electrons. The van der Waals surface area contributed by atoms with Crippen LogP contribution < -0.4 is 14.4 Å². The third-order valence-corrected chi connectivity index (χ3v) is 9.15. The Hall–Kier alpha value is -4.63. The Labute approximate surface area is 266 Å². The number of rotatable bonds is 14. The summed E-state index contributed by atoms with van der Waals surface area (Å²) in [5, 5.41) is 2.91. The number of para-hydroxylation sites is 1. The average Bonchev–Trinajstić information content (AvgIpc) is 3.03. The third-order valence-electron chi connectivity index (χ3n) is 7.36. The van der Waals surface area contributed by atoms with Crippen LogP contribution in [0.4, 0.5) is 5.69 Å². The number of hydrogen-bond acceptors (Lipinski definition) is 5. The van der Waals surface area contributed by atoms with Crippen molar-refractivity contribution in [1.82, 2.24) is 10.2 Å². The first-order valence-electron chi connectivity index (χ1n) is 15.2. The van der Waals surface area contributed by atoms with Gasteiger partial charge in [-0.25, -0.2) is 8.42 Å². The second kappa shape index (κ2) is 15.4. The van der Waals surface area contributed by atoms with Crippen molar-refractivity contribution in [2.24, 2.45) is 0 Å². The van der Waals surface area contributed by atoms with E-state index >= 15 is 0 Å². The molecular formula is C36H41N3O5S. The van der Waals surface area contributed by atoms with Crippen molar-refractivity contribution >= 4 is 27.5 Å². The van der Waals surface area contributed by atoms with Gasteiger partial charge in [-0.1, -0.05) is 79.6 Å². The van der Waals surface area contributed by atoms with E-state index in [1.165, 1.54) is 17.0 Å². The summed E-state index contributed by atoms with van der Waals surface area (Å²) in [4.78, 5) is 29.1. The number of anilines is 1. The van der Waals surface area contributed by atoms with Gasteiger partial charge in [0.15, 0.2) is 0 Å². The third kappa shape index (κ3) is 8.73. The molecule has 45 heavy (non-hydrogen) atoms. The second-order valence-electron chi connectivity index (χ2n) is 11.0. The fraction of sp³-hybridized carbons (Fsp3) is 0.278. The maximum atomic E-state index is 14.3. The number of benzene rings is 4. The fourth-order valence-electron chi connectivity index (χ4n) is 4.96. The predicted molar refractivity (Wildman–Crippen MR) is 178 cm³/mol. The van der Waals surface area contributed by atoms with Crippen molar-refractivity contribution in [2.75, 3.05) is 17.4 Å². The van der Waals surface area contributed by atoms with Gasteiger partial charge in [0, 0.05) is 13.1 Å². The van der Waals surface area contributed by atoms with E-state index in [9.17, 15) is 18.0 Å². The quantitative estimate of drug-likeness (QED) is 0.169. The number of ether oxygens (including phenoxy) is 1. The molecule has 0 aliphatic carbocycles. The van der Waals surface area contributed by atoms with Gasteiger partial charge >= 0.3 is 0 Å². The molecule has 2 amide bonds. The summed E-state index contributed by atoms with van der Waals surface area (Å²) in [6.45, 7) is 7.77. The Bertz CT molecular complexity index is 1670. The van der Waals surface area contributed by atoms with Crippen molar-refractivity contribution in [2.45, 2.75) is 58.0 Å². The summed E-state index contributed by atoms with van der Waals surface area (Å²) in [5.41, 5.74) is 3.07. The highest BCUT2D eigenvalue weighted by molar-refractivity contribution is 7.92. The molecule has 1 N–H and O–H groups in total. The molecule has 0 bridgehead atoms. The standard InChI is InChI=1S/C36H41N3O5S/c1-5-23-37-36(41)34(6-2)38(25-29-12-10-11-28(4)24-29)35(40)26-39(45(42,43)33-21-15-27(3)16-22-33)30-17-19-32(20-18-30)44-31-13-8-7-9-14-31/h7-22,24,34H,5-6,23,25-26H2,1-4H3,(H,37,41)/t34-/m1/s1. The molecule has 0 saturated carbocycles. The lowest BCUT2D eigenvalue weighted by atomic mass is 10.1. The lowest BCUT2D eigenvalue weighted by Gasteiger charge is -2.33. The Balaban J connectivity index is 1.72. The summed E-state index contributed by atoms with van der Waals surface area (Å²) in [7, 11) is -4.17. The highest BCUT2D eigenvalue weighted by atomic mass is 32.2. The highest BCUT2D eigenvalue weighted by Gasteiger charge is 2.33. The van der Waals surface area contributed by atoms with Crippen LogP contribution in [0.15, 0.2) is 108 Å². The van der Waals surface area contributed by atoms with Crippen molar-refractivity contribution in [3.05, 3.63) is 120 Å². The number of hydrogen-bond donors (Lipinski definition) is 1. The molecule has 8 nitrogen and oxygen atoms in total. The van der Waals surface area contributed by atoms with Gasteiger partial charge in [-0.2, -0.15) is 0 Å². The molecule has 0 aliphatic rings. The van der Waals surface area contributed by atoms with Gasteiger partial charge in [0.2, 0.25) is 11.8 Å². The van der Waals surface area contributed by atoms with Gasteiger partial charge in [-0.3, -0.25) is 13.9 Å². The number of amides is 2. The topological polar surface area (TPSA) is 96.0 Å². The van der Waals surface area contributed by atoms with Crippen LogP contribution in [0.1, 0.15) is 43.4 Å². The van der Waals surface area contributed by atoms with E-state index in [1.807, 2.05) is 82.3 Å². The largest absolute Gasteiger partial charge is 0.457 e. The van der Waals surface area contributed by atoms with E-state index in [-0.39, 0.29) is 17.3 Å². The Morgan fingerprint density at radius 3 is 2.09 bits per heavy atom. The number of carbonyl (C=O) groups excluding carboxylic acids is 2. The molecule has 0 saturated heterocycles. The molecule has 9 heteroatoms. The van der Waals surface area contributed by atoms with Gasteiger partial charge < -0.3 is 15.0 Å². The molecular weight excluding hydrogens is 586 g/mol. The Kier molecular flexibility index (Phi) is 11.4. The molecule has 4 rings (SSSR count). The maximum absolute atomic E-state index is 14.3. The lowest BCUT2D eigenvalue weighted by Crippen LogP contribution is -2.52. The van der Waals surface area contributed by atoms with Crippen LogP contribution in [0.25, 0.3) is 0 Å².